The van der Waals surface area contributed by atoms with E-state index in [9.17, 15) is 17.6 Å². The molecular weight excluding hydrogens is 383 g/mol. The first-order valence-corrected chi connectivity index (χ1v) is 10.7. The fourth-order valence-electron chi connectivity index (χ4n) is 2.99. The Bertz CT molecular complexity index is 896. The number of aromatic nitrogens is 1. The molecule has 1 aromatic heterocycles. The first-order valence-electron chi connectivity index (χ1n) is 9.20. The Morgan fingerprint density at radius 2 is 1.79 bits per heavy atom. The number of carbonyl (C=O) groups excluding carboxylic acids is 1. The SMILES string of the molecule is O=C(CCNS(=O)(=O)c1ccc(F)cc1)Nc1ccc(N2CCCCC2)nc1. The van der Waals surface area contributed by atoms with Gasteiger partial charge in [-0.25, -0.2) is 22.5 Å². The lowest BCUT2D eigenvalue weighted by Crippen LogP contribution is -2.30. The zero-order valence-corrected chi connectivity index (χ0v) is 16.2. The average molecular weight is 406 g/mol. The molecule has 1 fully saturated rings. The molecule has 1 amide bonds. The molecule has 2 heterocycles. The number of pyridine rings is 1. The van der Waals surface area contributed by atoms with Gasteiger partial charge in [0.05, 0.1) is 16.8 Å². The van der Waals surface area contributed by atoms with Crippen LogP contribution in [-0.2, 0) is 14.8 Å². The molecule has 0 bridgehead atoms. The maximum atomic E-state index is 12.9. The van der Waals surface area contributed by atoms with Crippen LogP contribution in [0.1, 0.15) is 25.7 Å². The van der Waals surface area contributed by atoms with E-state index < -0.39 is 15.8 Å². The third-order valence-electron chi connectivity index (χ3n) is 4.48. The van der Waals surface area contributed by atoms with E-state index in [0.29, 0.717) is 5.69 Å². The number of rotatable bonds is 7. The minimum absolute atomic E-state index is 0.0334. The van der Waals surface area contributed by atoms with Gasteiger partial charge in [-0.2, -0.15) is 0 Å². The molecule has 0 atom stereocenters. The Kier molecular flexibility index (Phi) is 6.58. The van der Waals surface area contributed by atoms with Gasteiger partial charge in [-0.05, 0) is 55.7 Å². The standard InChI is InChI=1S/C19H23FN4O3S/c20-15-4-7-17(8-5-15)28(26,27)22-11-10-19(25)23-16-6-9-18(21-14-16)24-12-2-1-3-13-24/h4-9,14,22H,1-3,10-13H2,(H,23,25). The van der Waals surface area contributed by atoms with Crippen molar-refractivity contribution in [1.29, 1.82) is 0 Å². The molecule has 28 heavy (non-hydrogen) atoms. The van der Waals surface area contributed by atoms with Gasteiger partial charge in [-0.15, -0.1) is 0 Å². The minimum atomic E-state index is -3.78. The number of nitrogens with zero attached hydrogens (tertiary/aromatic N) is 2. The molecule has 2 aromatic rings. The van der Waals surface area contributed by atoms with E-state index in [1.54, 1.807) is 12.3 Å². The third-order valence-corrected chi connectivity index (χ3v) is 5.96. The summed E-state index contributed by atoms with van der Waals surface area (Å²) in [6.45, 7) is 1.92. The molecule has 0 unspecified atom stereocenters. The maximum absolute atomic E-state index is 12.9. The van der Waals surface area contributed by atoms with Crippen LogP contribution in [-0.4, -0.2) is 38.9 Å². The number of anilines is 2. The minimum Gasteiger partial charge on any atom is -0.357 e. The van der Waals surface area contributed by atoms with E-state index in [4.69, 9.17) is 0 Å². The highest BCUT2D eigenvalue weighted by Gasteiger charge is 2.15. The number of sulfonamides is 1. The molecule has 1 aliphatic heterocycles. The summed E-state index contributed by atoms with van der Waals surface area (Å²) in [7, 11) is -3.78. The topological polar surface area (TPSA) is 91.4 Å². The van der Waals surface area contributed by atoms with E-state index in [1.165, 1.54) is 18.6 Å². The molecule has 1 saturated heterocycles. The molecule has 0 saturated carbocycles. The van der Waals surface area contributed by atoms with E-state index in [1.807, 2.05) is 6.07 Å². The molecule has 3 rings (SSSR count). The van der Waals surface area contributed by atoms with E-state index in [0.717, 1.165) is 43.9 Å². The molecule has 0 spiro atoms. The predicted octanol–water partition coefficient (Wildman–Crippen LogP) is 2.52. The number of amides is 1. The summed E-state index contributed by atoms with van der Waals surface area (Å²) in [4.78, 5) is 18.6. The highest BCUT2D eigenvalue weighted by Crippen LogP contribution is 2.19. The van der Waals surface area contributed by atoms with E-state index in [-0.39, 0.29) is 23.8 Å². The Morgan fingerprint density at radius 3 is 2.43 bits per heavy atom. The lowest BCUT2D eigenvalue weighted by atomic mass is 10.1. The van der Waals surface area contributed by atoms with Crippen molar-refractivity contribution < 1.29 is 17.6 Å². The van der Waals surface area contributed by atoms with E-state index >= 15 is 0 Å². The summed E-state index contributed by atoms with van der Waals surface area (Å²) in [5.41, 5.74) is 0.562. The largest absolute Gasteiger partial charge is 0.357 e. The highest BCUT2D eigenvalue weighted by atomic mass is 32.2. The molecule has 150 valence electrons. The van der Waals surface area contributed by atoms with Crippen molar-refractivity contribution in [2.45, 2.75) is 30.6 Å². The number of carbonyl (C=O) groups is 1. The van der Waals surface area contributed by atoms with Crippen LogP contribution < -0.4 is 14.9 Å². The highest BCUT2D eigenvalue weighted by molar-refractivity contribution is 7.89. The summed E-state index contributed by atoms with van der Waals surface area (Å²) < 4.78 is 39.4. The lowest BCUT2D eigenvalue weighted by Gasteiger charge is -2.27. The van der Waals surface area contributed by atoms with Crippen LogP contribution in [0.4, 0.5) is 15.9 Å². The molecule has 1 aromatic carbocycles. The summed E-state index contributed by atoms with van der Waals surface area (Å²) >= 11 is 0. The van der Waals surface area contributed by atoms with Crippen LogP contribution in [0.3, 0.4) is 0 Å². The normalized spacial score (nSPS) is 14.7. The van der Waals surface area contributed by atoms with Crippen LogP contribution in [0.25, 0.3) is 0 Å². The Balaban J connectivity index is 1.47. The molecule has 7 nitrogen and oxygen atoms in total. The van der Waals surface area contributed by atoms with Crippen molar-refractivity contribution in [3.63, 3.8) is 0 Å². The molecule has 0 aliphatic carbocycles. The van der Waals surface area contributed by atoms with Gasteiger partial charge in [0.2, 0.25) is 15.9 Å². The molecule has 9 heteroatoms. The Morgan fingerprint density at radius 1 is 1.07 bits per heavy atom. The fourth-order valence-corrected chi connectivity index (χ4v) is 4.02. The van der Waals surface area contributed by atoms with Crippen molar-refractivity contribution >= 4 is 27.4 Å². The van der Waals surface area contributed by atoms with Crippen molar-refractivity contribution in [3.05, 3.63) is 48.4 Å². The summed E-state index contributed by atoms with van der Waals surface area (Å²) in [5.74, 6) is 0.0531. The zero-order chi connectivity index (χ0) is 20.0. The average Bonchev–Trinajstić information content (AvgIpc) is 2.69. The van der Waals surface area contributed by atoms with Gasteiger partial charge >= 0.3 is 0 Å². The van der Waals surface area contributed by atoms with Crippen LogP contribution in [0.5, 0.6) is 0 Å². The van der Waals surface area contributed by atoms with Crippen molar-refractivity contribution in [1.82, 2.24) is 9.71 Å². The van der Waals surface area contributed by atoms with Crippen molar-refractivity contribution in [3.8, 4) is 0 Å². The first kappa shape index (κ1) is 20.2. The van der Waals surface area contributed by atoms with Gasteiger partial charge in [0.1, 0.15) is 11.6 Å². The van der Waals surface area contributed by atoms with Gasteiger partial charge in [0, 0.05) is 26.1 Å². The Labute approximate surface area is 164 Å². The summed E-state index contributed by atoms with van der Waals surface area (Å²) in [5, 5.41) is 2.70. The van der Waals surface area contributed by atoms with Gasteiger partial charge < -0.3 is 10.2 Å². The molecule has 2 N–H and O–H groups in total. The van der Waals surface area contributed by atoms with Gasteiger partial charge in [-0.3, -0.25) is 4.79 Å². The predicted molar refractivity (Wildman–Crippen MR) is 105 cm³/mol. The van der Waals surface area contributed by atoms with E-state index in [2.05, 4.69) is 19.9 Å². The quantitative estimate of drug-likeness (QED) is 0.737. The van der Waals surface area contributed by atoms with Gasteiger partial charge in [-0.1, -0.05) is 0 Å². The fraction of sp³-hybridized carbons (Fsp3) is 0.368. The smallest absolute Gasteiger partial charge is 0.240 e. The second-order valence-corrected chi connectivity index (χ2v) is 8.37. The number of hydrogen-bond acceptors (Lipinski definition) is 5. The second-order valence-electron chi connectivity index (χ2n) is 6.60. The van der Waals surface area contributed by atoms with Crippen LogP contribution >= 0.6 is 0 Å². The van der Waals surface area contributed by atoms with Crippen molar-refractivity contribution in [2.24, 2.45) is 0 Å². The monoisotopic (exact) mass is 406 g/mol. The summed E-state index contributed by atoms with van der Waals surface area (Å²) in [6, 6.07) is 8.15. The zero-order valence-electron chi connectivity index (χ0n) is 15.4. The maximum Gasteiger partial charge on any atom is 0.240 e. The number of piperidine rings is 1. The number of nitrogens with one attached hydrogen (secondary N) is 2. The van der Waals surface area contributed by atoms with Crippen LogP contribution in [0, 0.1) is 5.82 Å². The molecule has 1 aliphatic rings. The van der Waals surface area contributed by atoms with Gasteiger partial charge in [0.15, 0.2) is 0 Å². The summed E-state index contributed by atoms with van der Waals surface area (Å²) in [6.07, 6.45) is 5.14. The number of benzene rings is 1. The number of halogens is 1. The lowest BCUT2D eigenvalue weighted by molar-refractivity contribution is -0.116. The number of hydrogen-bond donors (Lipinski definition) is 2. The van der Waals surface area contributed by atoms with Crippen LogP contribution in [0.15, 0.2) is 47.5 Å². The first-order chi connectivity index (χ1) is 13.4. The third kappa shape index (κ3) is 5.49. The molecular formula is C19H23FN4O3S. The molecule has 0 radical (unpaired) electrons. The Hall–Kier alpha value is -2.52. The van der Waals surface area contributed by atoms with Crippen LogP contribution in [0.2, 0.25) is 0 Å². The second kappa shape index (κ2) is 9.11. The van der Waals surface area contributed by atoms with Gasteiger partial charge in [0.25, 0.3) is 0 Å². The van der Waals surface area contributed by atoms with Crippen molar-refractivity contribution in [2.75, 3.05) is 29.9 Å².